The Labute approximate surface area is 158 Å². The lowest BCUT2D eigenvalue weighted by Gasteiger charge is -2.25. The van der Waals surface area contributed by atoms with E-state index >= 15 is 0 Å². The molecule has 2 aromatic rings. The molecule has 0 saturated heterocycles. The van der Waals surface area contributed by atoms with Crippen molar-refractivity contribution < 1.29 is 15.0 Å². The van der Waals surface area contributed by atoms with Crippen molar-refractivity contribution >= 4 is 17.7 Å². The number of carbonyl (C=O) groups is 1. The predicted octanol–water partition coefficient (Wildman–Crippen LogP) is 2.96. The van der Waals surface area contributed by atoms with Crippen molar-refractivity contribution in [3.8, 4) is 5.75 Å². The van der Waals surface area contributed by atoms with Gasteiger partial charge in [-0.05, 0) is 34.6 Å². The lowest BCUT2D eigenvalue weighted by Crippen LogP contribution is -2.32. The van der Waals surface area contributed by atoms with E-state index < -0.39 is 12.0 Å². The van der Waals surface area contributed by atoms with Crippen LogP contribution >= 0.6 is 11.8 Å². The van der Waals surface area contributed by atoms with Gasteiger partial charge in [0, 0.05) is 30.3 Å². The summed E-state index contributed by atoms with van der Waals surface area (Å²) in [6.07, 6.45) is 4.06. The molecule has 2 rings (SSSR count). The first kappa shape index (κ1) is 20.3. The molecule has 0 amide bonds. The predicted molar refractivity (Wildman–Crippen MR) is 105 cm³/mol. The summed E-state index contributed by atoms with van der Waals surface area (Å²) in [5.74, 6) is 1.10. The summed E-state index contributed by atoms with van der Waals surface area (Å²) in [6, 6.07) is 1.15. The summed E-state index contributed by atoms with van der Waals surface area (Å²) >= 11 is 1.49. The molecule has 0 aliphatic carbocycles. The Morgan fingerprint density at radius 3 is 2.65 bits per heavy atom. The molecule has 0 aliphatic heterocycles. The van der Waals surface area contributed by atoms with Crippen molar-refractivity contribution in [2.75, 3.05) is 5.75 Å². The van der Waals surface area contributed by atoms with Crippen LogP contribution in [0.5, 0.6) is 5.75 Å². The number of hydrogen-bond acceptors (Lipinski definition) is 5. The smallest absolute Gasteiger partial charge is 0.321 e. The number of aromatic amines is 1. The normalized spacial score (nSPS) is 13.0. The average molecular weight is 378 g/mol. The highest BCUT2D eigenvalue weighted by Gasteiger charge is 2.24. The third kappa shape index (κ3) is 4.80. The molecule has 0 aliphatic rings. The van der Waals surface area contributed by atoms with Crippen molar-refractivity contribution in [1.29, 1.82) is 0 Å². The first-order valence-electron chi connectivity index (χ1n) is 8.50. The minimum absolute atomic E-state index is 0.199. The van der Waals surface area contributed by atoms with Gasteiger partial charge in [0.15, 0.2) is 0 Å². The summed E-state index contributed by atoms with van der Waals surface area (Å²) in [5, 5.41) is 19.7. The second kappa shape index (κ2) is 8.14. The van der Waals surface area contributed by atoms with Crippen LogP contribution in [0.2, 0.25) is 0 Å². The van der Waals surface area contributed by atoms with Crippen LogP contribution in [0.4, 0.5) is 0 Å². The van der Waals surface area contributed by atoms with Gasteiger partial charge in [0.1, 0.15) is 17.6 Å². The molecule has 5 N–H and O–H groups in total. The fraction of sp³-hybridized carbons (Fsp3) is 0.474. The quantitative estimate of drug-likeness (QED) is 0.590. The van der Waals surface area contributed by atoms with E-state index in [9.17, 15) is 9.90 Å². The molecule has 142 valence electrons. The molecule has 0 bridgehead atoms. The van der Waals surface area contributed by atoms with Gasteiger partial charge in [-0.2, -0.15) is 11.8 Å². The van der Waals surface area contributed by atoms with Gasteiger partial charge in [-0.25, -0.2) is 4.98 Å². The van der Waals surface area contributed by atoms with Gasteiger partial charge >= 0.3 is 5.97 Å². The van der Waals surface area contributed by atoms with Crippen molar-refractivity contribution in [1.82, 2.24) is 9.97 Å². The number of nitrogens with two attached hydrogens (primary N) is 1. The fourth-order valence-corrected chi connectivity index (χ4v) is 3.78. The Hall–Kier alpha value is -1.99. The molecule has 6 nitrogen and oxygen atoms in total. The van der Waals surface area contributed by atoms with E-state index in [4.69, 9.17) is 10.8 Å². The highest BCUT2D eigenvalue weighted by atomic mass is 32.2. The first-order valence-corrected chi connectivity index (χ1v) is 9.66. The maximum atomic E-state index is 10.9. The number of aromatic nitrogens is 2. The minimum Gasteiger partial charge on any atom is -0.507 e. The number of aromatic hydroxyl groups is 1. The van der Waals surface area contributed by atoms with Crippen molar-refractivity contribution in [3.05, 3.63) is 46.5 Å². The number of H-pyrrole nitrogens is 1. The maximum absolute atomic E-state index is 10.9. The van der Waals surface area contributed by atoms with E-state index in [0.29, 0.717) is 23.7 Å². The van der Waals surface area contributed by atoms with E-state index in [2.05, 4.69) is 30.7 Å². The number of phenols is 1. The number of carboxylic acid groups (broad SMARTS) is 1. The van der Waals surface area contributed by atoms with E-state index in [1.807, 2.05) is 13.0 Å². The summed E-state index contributed by atoms with van der Waals surface area (Å²) in [4.78, 5) is 18.3. The molecule has 0 unspecified atom stereocenters. The molecule has 1 aromatic carbocycles. The summed E-state index contributed by atoms with van der Waals surface area (Å²) in [6.45, 7) is 8.10. The summed E-state index contributed by atoms with van der Waals surface area (Å²) < 4.78 is 0. The number of aliphatic carboxylic acids is 1. The Morgan fingerprint density at radius 1 is 1.42 bits per heavy atom. The Kier molecular flexibility index (Phi) is 6.36. The molecule has 1 aromatic heterocycles. The van der Waals surface area contributed by atoms with Gasteiger partial charge in [-0.3, -0.25) is 4.79 Å². The van der Waals surface area contributed by atoms with Crippen LogP contribution in [0.3, 0.4) is 0 Å². The zero-order chi connectivity index (χ0) is 19.5. The van der Waals surface area contributed by atoms with Crippen molar-refractivity contribution in [2.24, 2.45) is 5.73 Å². The molecule has 1 heterocycles. The minimum atomic E-state index is -0.995. The first-order chi connectivity index (χ1) is 12.1. The van der Waals surface area contributed by atoms with Crippen LogP contribution in [0.25, 0.3) is 0 Å². The topological polar surface area (TPSA) is 112 Å². The molecule has 0 spiro atoms. The molecule has 0 radical (unpaired) electrons. The molecule has 0 fully saturated rings. The second-order valence-electron chi connectivity index (χ2n) is 7.46. The van der Waals surface area contributed by atoms with Gasteiger partial charge in [0.25, 0.3) is 0 Å². The monoisotopic (exact) mass is 377 g/mol. The van der Waals surface area contributed by atoms with E-state index in [-0.39, 0.29) is 5.41 Å². The lowest BCUT2D eigenvalue weighted by atomic mass is 9.82. The lowest BCUT2D eigenvalue weighted by molar-refractivity contribution is -0.137. The van der Waals surface area contributed by atoms with Crippen LogP contribution in [-0.4, -0.2) is 37.9 Å². The Balaban J connectivity index is 2.37. The van der Waals surface area contributed by atoms with Crippen LogP contribution in [0.15, 0.2) is 18.5 Å². The molecule has 26 heavy (non-hydrogen) atoms. The largest absolute Gasteiger partial charge is 0.507 e. The molecular weight excluding hydrogens is 350 g/mol. The average Bonchev–Trinajstić information content (AvgIpc) is 3.05. The number of nitrogens with zero attached hydrogens (tertiary/aromatic N) is 1. The molecule has 1 atom stereocenters. The number of carboxylic acids is 1. The number of rotatable bonds is 7. The van der Waals surface area contributed by atoms with Crippen LogP contribution in [0.1, 0.15) is 48.8 Å². The summed E-state index contributed by atoms with van der Waals surface area (Å²) in [7, 11) is 0. The SMILES string of the molecule is Cc1c(O)c(C(C)(C)C)cc(CSC[C@H](N)C(=O)O)c1Cc1ncc[nH]1. The van der Waals surface area contributed by atoms with Crippen LogP contribution < -0.4 is 5.73 Å². The maximum Gasteiger partial charge on any atom is 0.321 e. The highest BCUT2D eigenvalue weighted by molar-refractivity contribution is 7.98. The zero-order valence-electron chi connectivity index (χ0n) is 15.7. The summed E-state index contributed by atoms with van der Waals surface area (Å²) in [5.41, 5.74) is 9.22. The van der Waals surface area contributed by atoms with Crippen LogP contribution in [0, 0.1) is 6.92 Å². The third-order valence-corrected chi connectivity index (χ3v) is 5.46. The molecular formula is C19H27N3O3S. The number of imidazole rings is 1. The highest BCUT2D eigenvalue weighted by Crippen LogP contribution is 2.38. The molecule has 0 saturated carbocycles. The van der Waals surface area contributed by atoms with E-state index in [1.165, 1.54) is 11.8 Å². The van der Waals surface area contributed by atoms with Crippen molar-refractivity contribution in [3.63, 3.8) is 0 Å². The Morgan fingerprint density at radius 2 is 2.12 bits per heavy atom. The van der Waals surface area contributed by atoms with Gasteiger partial charge in [0.05, 0.1) is 0 Å². The van der Waals surface area contributed by atoms with Gasteiger partial charge in [-0.1, -0.05) is 26.8 Å². The fourth-order valence-electron chi connectivity index (χ4n) is 2.79. The van der Waals surface area contributed by atoms with E-state index in [1.54, 1.807) is 12.4 Å². The zero-order valence-corrected chi connectivity index (χ0v) is 16.5. The molecule has 7 heteroatoms. The standard InChI is InChI=1S/C19H27N3O3S/c1-11-13(8-16-21-5-6-22-16)12(9-26-10-15(20)18(24)25)7-14(17(11)23)19(2,3)4/h5-7,15,23H,8-10,20H2,1-4H3,(H,21,22)(H,24,25)/t15-/m0/s1. The second-order valence-corrected chi connectivity index (χ2v) is 8.49. The number of hydrogen-bond donors (Lipinski definition) is 4. The number of phenolic OH excluding ortho intramolecular Hbond substituents is 1. The van der Waals surface area contributed by atoms with Crippen LogP contribution in [-0.2, 0) is 22.4 Å². The van der Waals surface area contributed by atoms with E-state index in [0.717, 1.165) is 28.1 Å². The van der Waals surface area contributed by atoms with Crippen molar-refractivity contribution in [2.45, 2.75) is 51.3 Å². The van der Waals surface area contributed by atoms with Gasteiger partial charge < -0.3 is 20.9 Å². The Bertz CT molecular complexity index is 767. The number of benzene rings is 1. The number of thioether (sulfide) groups is 1. The van der Waals surface area contributed by atoms with Gasteiger partial charge in [0.2, 0.25) is 0 Å². The number of nitrogens with one attached hydrogen (secondary N) is 1. The van der Waals surface area contributed by atoms with Gasteiger partial charge in [-0.15, -0.1) is 0 Å². The third-order valence-electron chi connectivity index (χ3n) is 4.35.